The van der Waals surface area contributed by atoms with Gasteiger partial charge in [-0.25, -0.2) is 9.97 Å². The molecule has 0 saturated heterocycles. The minimum atomic E-state index is 0.375. The van der Waals surface area contributed by atoms with E-state index < -0.39 is 0 Å². The van der Waals surface area contributed by atoms with Crippen LogP contribution in [0.5, 0.6) is 5.75 Å². The molecule has 22 heavy (non-hydrogen) atoms. The maximum atomic E-state index is 9.22. The van der Waals surface area contributed by atoms with Crippen molar-refractivity contribution in [2.45, 2.75) is 20.8 Å². The van der Waals surface area contributed by atoms with Gasteiger partial charge >= 0.3 is 0 Å². The molecule has 1 aromatic heterocycles. The molecular weight excluding hydrogens is 276 g/mol. The van der Waals surface area contributed by atoms with Gasteiger partial charge in [-0.3, -0.25) is 0 Å². The predicted molar refractivity (Wildman–Crippen MR) is 87.0 cm³/mol. The fourth-order valence-electron chi connectivity index (χ4n) is 2.33. The van der Waals surface area contributed by atoms with Gasteiger partial charge in [0.1, 0.15) is 17.5 Å². The van der Waals surface area contributed by atoms with Gasteiger partial charge in [0.25, 0.3) is 0 Å². The van der Waals surface area contributed by atoms with Crippen LogP contribution in [-0.4, -0.2) is 30.2 Å². The van der Waals surface area contributed by atoms with Crippen molar-refractivity contribution in [2.75, 3.05) is 25.1 Å². The van der Waals surface area contributed by atoms with Crippen LogP contribution >= 0.6 is 0 Å². The van der Waals surface area contributed by atoms with Crippen molar-refractivity contribution < 1.29 is 4.74 Å². The van der Waals surface area contributed by atoms with Crippen molar-refractivity contribution in [3.63, 3.8) is 0 Å². The lowest BCUT2D eigenvalue weighted by Crippen LogP contribution is -2.24. The second-order valence-electron chi connectivity index (χ2n) is 4.91. The quantitative estimate of drug-likeness (QED) is 0.848. The van der Waals surface area contributed by atoms with E-state index in [2.05, 4.69) is 16.0 Å². The zero-order valence-corrected chi connectivity index (χ0v) is 13.4. The summed E-state index contributed by atoms with van der Waals surface area (Å²) in [5, 5.41) is 9.22. The predicted octanol–water partition coefficient (Wildman–Crippen LogP) is 3.18. The molecule has 0 N–H and O–H groups in total. The van der Waals surface area contributed by atoms with Gasteiger partial charge in [0.05, 0.1) is 12.8 Å². The Bertz CT molecular complexity index is 702. The summed E-state index contributed by atoms with van der Waals surface area (Å²) in [4.78, 5) is 10.9. The molecule has 1 heterocycles. The Kier molecular flexibility index (Phi) is 4.95. The van der Waals surface area contributed by atoms with E-state index in [1.165, 1.54) is 0 Å². The van der Waals surface area contributed by atoms with E-state index in [4.69, 9.17) is 4.74 Å². The van der Waals surface area contributed by atoms with Gasteiger partial charge in [-0.05, 0) is 44.5 Å². The average Bonchev–Trinajstić information content (AvgIpc) is 2.55. The van der Waals surface area contributed by atoms with E-state index in [9.17, 15) is 5.26 Å². The molecule has 5 nitrogen and oxygen atoms in total. The first kappa shape index (κ1) is 15.8. The summed E-state index contributed by atoms with van der Waals surface area (Å²) < 4.78 is 5.28. The topological polar surface area (TPSA) is 62.0 Å². The molecule has 5 heteroatoms. The van der Waals surface area contributed by atoms with Crippen molar-refractivity contribution >= 4 is 5.95 Å². The summed E-state index contributed by atoms with van der Waals surface area (Å²) in [5.41, 5.74) is 3.10. The largest absolute Gasteiger partial charge is 0.496 e. The molecule has 1 aromatic carbocycles. The Labute approximate surface area is 131 Å². The molecule has 0 saturated carbocycles. The summed E-state index contributed by atoms with van der Waals surface area (Å²) in [6.45, 7) is 7.67. The van der Waals surface area contributed by atoms with E-state index in [-0.39, 0.29) is 0 Å². The zero-order valence-electron chi connectivity index (χ0n) is 13.4. The lowest BCUT2D eigenvalue weighted by molar-refractivity contribution is 0.412. The molecule has 0 radical (unpaired) electrons. The van der Waals surface area contributed by atoms with Crippen molar-refractivity contribution in [1.29, 1.82) is 5.26 Å². The maximum Gasteiger partial charge on any atom is 0.227 e. The molecule has 2 rings (SSSR count). The number of nitriles is 1. The molecule has 2 aromatic rings. The van der Waals surface area contributed by atoms with E-state index in [0.29, 0.717) is 11.6 Å². The third kappa shape index (κ3) is 3.17. The minimum Gasteiger partial charge on any atom is -0.496 e. The third-order valence-corrected chi connectivity index (χ3v) is 3.57. The molecule has 0 unspecified atom stereocenters. The zero-order chi connectivity index (χ0) is 16.1. The highest BCUT2D eigenvalue weighted by atomic mass is 16.5. The van der Waals surface area contributed by atoms with Crippen LogP contribution in [0.4, 0.5) is 5.95 Å². The van der Waals surface area contributed by atoms with Crippen molar-refractivity contribution in [3.05, 3.63) is 35.5 Å². The fourth-order valence-corrected chi connectivity index (χ4v) is 2.33. The summed E-state index contributed by atoms with van der Waals surface area (Å²) in [7, 11) is 1.65. The Morgan fingerprint density at radius 2 is 1.91 bits per heavy atom. The Hall–Kier alpha value is -2.61. The molecule has 0 amide bonds. The lowest BCUT2D eigenvalue weighted by atomic mass is 10.1. The van der Waals surface area contributed by atoms with Crippen LogP contribution in [0, 0.1) is 18.3 Å². The van der Waals surface area contributed by atoms with Gasteiger partial charge < -0.3 is 9.64 Å². The van der Waals surface area contributed by atoms with Crippen LogP contribution in [0.25, 0.3) is 11.3 Å². The molecule has 0 bridgehead atoms. The van der Waals surface area contributed by atoms with Gasteiger partial charge in [0.15, 0.2) is 0 Å². The second-order valence-corrected chi connectivity index (χ2v) is 4.91. The number of hydrogen-bond donors (Lipinski definition) is 0. The van der Waals surface area contributed by atoms with Crippen LogP contribution in [-0.2, 0) is 0 Å². The minimum absolute atomic E-state index is 0.375. The molecule has 0 fully saturated rings. The Morgan fingerprint density at radius 3 is 2.45 bits per heavy atom. The van der Waals surface area contributed by atoms with Crippen LogP contribution in [0.1, 0.15) is 25.1 Å². The Balaban J connectivity index is 2.53. The second kappa shape index (κ2) is 6.90. The van der Waals surface area contributed by atoms with Crippen LogP contribution in [0.3, 0.4) is 0 Å². The van der Waals surface area contributed by atoms with E-state index in [0.717, 1.165) is 35.7 Å². The first-order valence-electron chi connectivity index (χ1n) is 7.32. The average molecular weight is 296 g/mol. The maximum absolute atomic E-state index is 9.22. The van der Waals surface area contributed by atoms with Gasteiger partial charge in [0.2, 0.25) is 5.95 Å². The van der Waals surface area contributed by atoms with Crippen LogP contribution in [0.2, 0.25) is 0 Å². The Morgan fingerprint density at radius 1 is 1.18 bits per heavy atom. The van der Waals surface area contributed by atoms with Crippen LogP contribution in [0.15, 0.2) is 24.3 Å². The molecule has 0 atom stereocenters. The number of ether oxygens (including phenoxy) is 1. The summed E-state index contributed by atoms with van der Waals surface area (Å²) in [5.74, 6) is 1.43. The lowest BCUT2D eigenvalue weighted by Gasteiger charge is -2.19. The number of nitrogens with zero attached hydrogens (tertiary/aromatic N) is 4. The van der Waals surface area contributed by atoms with Crippen molar-refractivity contribution in [3.8, 4) is 23.1 Å². The fraction of sp³-hybridized carbons (Fsp3) is 0.353. The standard InChI is InChI=1S/C17H20N4O/c1-5-21(6-2)17-19-14(11-18)10-15(20-17)13-7-8-16(22-4)12(3)9-13/h7-10H,5-6H2,1-4H3. The number of benzene rings is 1. The highest BCUT2D eigenvalue weighted by Crippen LogP contribution is 2.26. The molecule has 0 aliphatic rings. The number of anilines is 1. The first-order chi connectivity index (χ1) is 10.6. The van der Waals surface area contributed by atoms with Gasteiger partial charge in [-0.1, -0.05) is 0 Å². The third-order valence-electron chi connectivity index (χ3n) is 3.57. The van der Waals surface area contributed by atoms with E-state index >= 15 is 0 Å². The van der Waals surface area contributed by atoms with E-state index in [1.807, 2.05) is 43.9 Å². The van der Waals surface area contributed by atoms with Gasteiger partial charge in [0, 0.05) is 24.7 Å². The van der Waals surface area contributed by atoms with Crippen LogP contribution < -0.4 is 9.64 Å². The first-order valence-corrected chi connectivity index (χ1v) is 7.32. The van der Waals surface area contributed by atoms with Crippen molar-refractivity contribution in [1.82, 2.24) is 9.97 Å². The number of rotatable bonds is 5. The number of aromatic nitrogens is 2. The highest BCUT2D eigenvalue weighted by Gasteiger charge is 2.11. The molecule has 114 valence electrons. The number of aryl methyl sites for hydroxylation is 1. The molecule has 0 spiro atoms. The monoisotopic (exact) mass is 296 g/mol. The molecule has 0 aliphatic heterocycles. The summed E-state index contributed by atoms with van der Waals surface area (Å²) in [6.07, 6.45) is 0. The normalized spacial score (nSPS) is 10.1. The molecular formula is C17H20N4O. The van der Waals surface area contributed by atoms with E-state index in [1.54, 1.807) is 13.2 Å². The van der Waals surface area contributed by atoms with Gasteiger partial charge in [-0.15, -0.1) is 0 Å². The molecule has 0 aliphatic carbocycles. The van der Waals surface area contributed by atoms with Crippen molar-refractivity contribution in [2.24, 2.45) is 0 Å². The smallest absolute Gasteiger partial charge is 0.227 e. The number of methoxy groups -OCH3 is 1. The SMILES string of the molecule is CCN(CC)c1nc(C#N)cc(-c2ccc(OC)c(C)c2)n1. The number of hydrogen-bond acceptors (Lipinski definition) is 5. The van der Waals surface area contributed by atoms with Gasteiger partial charge in [-0.2, -0.15) is 5.26 Å². The summed E-state index contributed by atoms with van der Waals surface area (Å²) in [6, 6.07) is 9.70. The summed E-state index contributed by atoms with van der Waals surface area (Å²) >= 11 is 0. The highest BCUT2D eigenvalue weighted by molar-refractivity contribution is 5.64.